The van der Waals surface area contributed by atoms with E-state index in [0.29, 0.717) is 6.61 Å². The van der Waals surface area contributed by atoms with Gasteiger partial charge in [-0.05, 0) is 13.8 Å². The largest absolute Gasteiger partial charge is 0.465 e. The number of ether oxygens (including phenoxy) is 1. The van der Waals surface area contributed by atoms with Crippen LogP contribution in [0.1, 0.15) is 26.6 Å². The Labute approximate surface area is 123 Å². The van der Waals surface area contributed by atoms with E-state index in [4.69, 9.17) is 4.74 Å². The van der Waals surface area contributed by atoms with E-state index in [9.17, 15) is 4.79 Å². The van der Waals surface area contributed by atoms with Crippen LogP contribution < -0.4 is 4.90 Å². The van der Waals surface area contributed by atoms with Crippen molar-refractivity contribution in [1.82, 2.24) is 14.3 Å². The number of nitrogens with zero attached hydrogens (tertiary/aromatic N) is 4. The fourth-order valence-electron chi connectivity index (χ4n) is 2.23. The van der Waals surface area contributed by atoms with E-state index < -0.39 is 0 Å². The predicted octanol–water partition coefficient (Wildman–Crippen LogP) is 1.17. The average molecular weight is 298 g/mol. The van der Waals surface area contributed by atoms with E-state index in [1.165, 1.54) is 11.5 Å². The molecule has 2 rings (SSSR count). The van der Waals surface area contributed by atoms with Gasteiger partial charge in [0.2, 0.25) is 5.13 Å². The highest BCUT2D eigenvalue weighted by atomic mass is 32.1. The Bertz CT molecular complexity index is 443. The van der Waals surface area contributed by atoms with Crippen molar-refractivity contribution < 1.29 is 9.53 Å². The summed E-state index contributed by atoms with van der Waals surface area (Å²) in [7, 11) is 0. The Balaban J connectivity index is 1.87. The molecule has 1 atom stereocenters. The van der Waals surface area contributed by atoms with Gasteiger partial charge >= 0.3 is 5.97 Å². The first-order valence-electron chi connectivity index (χ1n) is 7.13. The van der Waals surface area contributed by atoms with E-state index >= 15 is 0 Å². The van der Waals surface area contributed by atoms with Crippen molar-refractivity contribution in [3.05, 3.63) is 5.82 Å². The molecule has 1 aliphatic heterocycles. The van der Waals surface area contributed by atoms with Gasteiger partial charge in [-0.2, -0.15) is 4.37 Å². The molecule has 20 heavy (non-hydrogen) atoms. The zero-order valence-corrected chi connectivity index (χ0v) is 13.2. The SMILES string of the molecule is CCOC(=O)[C@@H](C)N1CCN(c2nc(CC)ns2)CC1. The molecule has 7 heteroatoms. The second-order valence-electron chi connectivity index (χ2n) is 4.80. The number of rotatable bonds is 5. The minimum atomic E-state index is -0.169. The number of esters is 1. The molecule has 1 aromatic rings. The summed E-state index contributed by atoms with van der Waals surface area (Å²) in [6, 6.07) is -0.169. The third-order valence-corrected chi connectivity index (χ3v) is 4.35. The van der Waals surface area contributed by atoms with Gasteiger partial charge in [-0.25, -0.2) is 4.98 Å². The van der Waals surface area contributed by atoms with Gasteiger partial charge in [0.05, 0.1) is 6.61 Å². The zero-order valence-electron chi connectivity index (χ0n) is 12.3. The Kier molecular flexibility index (Phi) is 5.31. The van der Waals surface area contributed by atoms with E-state index in [1.807, 2.05) is 13.8 Å². The number of piperazine rings is 1. The molecule has 0 bridgehead atoms. The van der Waals surface area contributed by atoms with Gasteiger partial charge in [0, 0.05) is 44.1 Å². The van der Waals surface area contributed by atoms with Gasteiger partial charge in [0.25, 0.3) is 0 Å². The minimum absolute atomic E-state index is 0.134. The highest BCUT2D eigenvalue weighted by molar-refractivity contribution is 7.09. The third kappa shape index (κ3) is 3.46. The summed E-state index contributed by atoms with van der Waals surface area (Å²) in [5.74, 6) is 0.775. The molecule has 1 aromatic heterocycles. The van der Waals surface area contributed by atoms with Crippen LogP contribution in [0.2, 0.25) is 0 Å². The van der Waals surface area contributed by atoms with E-state index in [0.717, 1.165) is 43.6 Å². The highest BCUT2D eigenvalue weighted by Gasteiger charge is 2.27. The van der Waals surface area contributed by atoms with Crippen molar-refractivity contribution in [2.24, 2.45) is 0 Å². The van der Waals surface area contributed by atoms with Crippen LogP contribution in [0.3, 0.4) is 0 Å². The highest BCUT2D eigenvalue weighted by Crippen LogP contribution is 2.20. The van der Waals surface area contributed by atoms with Crippen LogP contribution in [0.25, 0.3) is 0 Å². The van der Waals surface area contributed by atoms with Crippen LogP contribution in [-0.4, -0.2) is 59.1 Å². The van der Waals surface area contributed by atoms with Crippen molar-refractivity contribution in [3.8, 4) is 0 Å². The number of hydrogen-bond donors (Lipinski definition) is 0. The molecule has 0 saturated carbocycles. The molecular formula is C13H22N4O2S. The van der Waals surface area contributed by atoms with Crippen molar-refractivity contribution in [2.45, 2.75) is 33.2 Å². The number of aromatic nitrogens is 2. The van der Waals surface area contributed by atoms with Gasteiger partial charge in [-0.3, -0.25) is 9.69 Å². The van der Waals surface area contributed by atoms with E-state index in [2.05, 4.69) is 26.1 Å². The normalized spacial score (nSPS) is 18.1. The summed E-state index contributed by atoms with van der Waals surface area (Å²) < 4.78 is 9.39. The summed E-state index contributed by atoms with van der Waals surface area (Å²) in [6.07, 6.45) is 0.871. The van der Waals surface area contributed by atoms with Crippen molar-refractivity contribution in [2.75, 3.05) is 37.7 Å². The smallest absolute Gasteiger partial charge is 0.323 e. The quantitative estimate of drug-likeness (QED) is 0.761. The van der Waals surface area contributed by atoms with Gasteiger partial charge in [-0.15, -0.1) is 0 Å². The molecule has 1 saturated heterocycles. The maximum atomic E-state index is 11.7. The maximum absolute atomic E-state index is 11.7. The van der Waals surface area contributed by atoms with Crippen LogP contribution in [0.15, 0.2) is 0 Å². The fraction of sp³-hybridized carbons (Fsp3) is 0.769. The van der Waals surface area contributed by atoms with Crippen molar-refractivity contribution >= 4 is 22.6 Å². The number of carbonyl (C=O) groups excluding carboxylic acids is 1. The lowest BCUT2D eigenvalue weighted by Gasteiger charge is -2.36. The monoisotopic (exact) mass is 298 g/mol. The standard InChI is InChI=1S/C13H22N4O2S/c1-4-11-14-13(20-15-11)17-8-6-16(7-9-17)10(3)12(18)19-5-2/h10H,4-9H2,1-3H3/t10-/m1/s1. The van der Waals surface area contributed by atoms with Crippen LogP contribution in [-0.2, 0) is 16.0 Å². The number of aryl methyl sites for hydroxylation is 1. The molecule has 0 N–H and O–H groups in total. The van der Waals surface area contributed by atoms with Gasteiger partial charge in [0.1, 0.15) is 11.9 Å². The number of carbonyl (C=O) groups is 1. The van der Waals surface area contributed by atoms with Crippen LogP contribution in [0.5, 0.6) is 0 Å². The molecule has 0 unspecified atom stereocenters. The summed E-state index contributed by atoms with van der Waals surface area (Å²) >= 11 is 1.46. The molecule has 2 heterocycles. The maximum Gasteiger partial charge on any atom is 0.323 e. The summed E-state index contributed by atoms with van der Waals surface area (Å²) in [5.41, 5.74) is 0. The van der Waals surface area contributed by atoms with Crippen molar-refractivity contribution in [1.29, 1.82) is 0 Å². The molecule has 6 nitrogen and oxygen atoms in total. The average Bonchev–Trinajstić information content (AvgIpc) is 2.96. The first-order chi connectivity index (χ1) is 9.65. The van der Waals surface area contributed by atoms with Gasteiger partial charge in [0.15, 0.2) is 0 Å². The molecular weight excluding hydrogens is 276 g/mol. The lowest BCUT2D eigenvalue weighted by atomic mass is 10.2. The van der Waals surface area contributed by atoms with Crippen LogP contribution >= 0.6 is 11.5 Å². The molecule has 112 valence electrons. The molecule has 1 aliphatic rings. The lowest BCUT2D eigenvalue weighted by Crippen LogP contribution is -2.52. The molecule has 0 amide bonds. The van der Waals surface area contributed by atoms with Crippen LogP contribution in [0, 0.1) is 0 Å². The lowest BCUT2D eigenvalue weighted by molar-refractivity contribution is -0.149. The zero-order chi connectivity index (χ0) is 14.5. The Hall–Kier alpha value is -1.21. The van der Waals surface area contributed by atoms with E-state index in [1.54, 1.807) is 0 Å². The minimum Gasteiger partial charge on any atom is -0.465 e. The molecule has 1 fully saturated rings. The van der Waals surface area contributed by atoms with Crippen molar-refractivity contribution in [3.63, 3.8) is 0 Å². The van der Waals surface area contributed by atoms with Crippen LogP contribution in [0.4, 0.5) is 5.13 Å². The molecule has 0 spiro atoms. The summed E-state index contributed by atoms with van der Waals surface area (Å²) in [6.45, 7) is 9.70. The van der Waals surface area contributed by atoms with Gasteiger partial charge in [-0.1, -0.05) is 6.92 Å². The predicted molar refractivity (Wildman–Crippen MR) is 79.2 cm³/mol. The fourth-order valence-corrected chi connectivity index (χ4v) is 3.03. The third-order valence-electron chi connectivity index (χ3n) is 3.53. The van der Waals surface area contributed by atoms with E-state index in [-0.39, 0.29) is 12.0 Å². The summed E-state index contributed by atoms with van der Waals surface area (Å²) in [4.78, 5) is 20.7. The number of hydrogen-bond acceptors (Lipinski definition) is 7. The Morgan fingerprint density at radius 1 is 1.35 bits per heavy atom. The summed E-state index contributed by atoms with van der Waals surface area (Å²) in [5, 5.41) is 0.991. The number of anilines is 1. The van der Waals surface area contributed by atoms with Gasteiger partial charge < -0.3 is 9.64 Å². The second-order valence-corrected chi connectivity index (χ2v) is 5.53. The molecule has 0 radical (unpaired) electrons. The first-order valence-corrected chi connectivity index (χ1v) is 7.91. The Morgan fingerprint density at radius 3 is 2.60 bits per heavy atom. The Morgan fingerprint density at radius 2 is 2.05 bits per heavy atom. The first kappa shape index (κ1) is 15.2. The second kappa shape index (κ2) is 6.99. The molecule has 0 aliphatic carbocycles. The molecule has 0 aromatic carbocycles. The topological polar surface area (TPSA) is 58.6 Å².